The molecule has 1 aliphatic carbocycles. The molecule has 5 rings (SSSR count). The van der Waals surface area contributed by atoms with Gasteiger partial charge in [0.15, 0.2) is 0 Å². The van der Waals surface area contributed by atoms with Crippen molar-refractivity contribution < 1.29 is 19.1 Å². The number of carbonyl (C=O) groups is 3. The summed E-state index contributed by atoms with van der Waals surface area (Å²) in [5, 5.41) is 8.33. The van der Waals surface area contributed by atoms with Crippen molar-refractivity contribution in [3.8, 4) is 0 Å². The highest BCUT2D eigenvalue weighted by Crippen LogP contribution is 2.42. The van der Waals surface area contributed by atoms with Gasteiger partial charge in [-0.15, -0.1) is 0 Å². The lowest BCUT2D eigenvalue weighted by Crippen LogP contribution is -2.46. The van der Waals surface area contributed by atoms with Gasteiger partial charge in [0.2, 0.25) is 0 Å². The number of piperidine rings is 1. The van der Waals surface area contributed by atoms with Crippen molar-refractivity contribution in [1.29, 1.82) is 0 Å². The molecule has 2 amide bonds. The molecule has 2 fully saturated rings. The normalized spacial score (nSPS) is 19.7. The van der Waals surface area contributed by atoms with E-state index in [0.717, 1.165) is 47.7 Å². The molecule has 3 heterocycles. The minimum Gasteiger partial charge on any atom is -0.460 e. The van der Waals surface area contributed by atoms with Gasteiger partial charge in [0.1, 0.15) is 5.60 Å². The molecule has 1 aliphatic heterocycles. The number of nitrogens with zero attached hydrogens (tertiary/aromatic N) is 4. The van der Waals surface area contributed by atoms with Crippen molar-refractivity contribution in [3.63, 3.8) is 0 Å². The molecule has 0 radical (unpaired) electrons. The summed E-state index contributed by atoms with van der Waals surface area (Å²) in [7, 11) is 1.88. The number of amides is 2. The van der Waals surface area contributed by atoms with E-state index in [1.54, 1.807) is 9.58 Å². The fourth-order valence-corrected chi connectivity index (χ4v) is 5.39. The summed E-state index contributed by atoms with van der Waals surface area (Å²) in [6, 6.07) is 7.72. The smallest absolute Gasteiger partial charge is 0.313 e. The van der Waals surface area contributed by atoms with Crippen molar-refractivity contribution >= 4 is 34.4 Å². The molecule has 0 spiro atoms. The first-order chi connectivity index (χ1) is 18.5. The lowest BCUT2D eigenvalue weighted by molar-refractivity contribution is -0.154. The molecule has 3 aromatic rings. The Morgan fingerprint density at radius 2 is 1.87 bits per heavy atom. The van der Waals surface area contributed by atoms with Gasteiger partial charge in [-0.25, -0.2) is 0 Å². The van der Waals surface area contributed by atoms with Gasteiger partial charge in [-0.3, -0.25) is 24.0 Å². The zero-order valence-electron chi connectivity index (χ0n) is 23.4. The van der Waals surface area contributed by atoms with Crippen LogP contribution in [0.3, 0.4) is 0 Å². The van der Waals surface area contributed by atoms with E-state index in [1.807, 2.05) is 58.3 Å². The van der Waals surface area contributed by atoms with Gasteiger partial charge in [-0.05, 0) is 81.5 Å². The van der Waals surface area contributed by atoms with Crippen LogP contribution in [0.5, 0.6) is 0 Å². The zero-order valence-corrected chi connectivity index (χ0v) is 23.4. The highest BCUT2D eigenvalue weighted by Gasteiger charge is 2.35. The third kappa shape index (κ3) is 6.29. The lowest BCUT2D eigenvalue weighted by Gasteiger charge is -2.38. The Labute approximate surface area is 228 Å². The van der Waals surface area contributed by atoms with Gasteiger partial charge in [0.05, 0.1) is 35.6 Å². The highest BCUT2D eigenvalue weighted by atomic mass is 16.6. The Kier molecular flexibility index (Phi) is 7.18. The number of benzene rings is 1. The molecule has 39 heavy (non-hydrogen) atoms. The number of ether oxygens (including phenoxy) is 1. The van der Waals surface area contributed by atoms with Crippen LogP contribution in [0.4, 0.5) is 5.69 Å². The Morgan fingerprint density at radius 1 is 1.10 bits per heavy atom. The number of carbonyl (C=O) groups excluding carboxylic acids is 3. The Morgan fingerprint density at radius 3 is 2.59 bits per heavy atom. The Bertz CT molecular complexity index is 1420. The van der Waals surface area contributed by atoms with E-state index < -0.39 is 17.4 Å². The lowest BCUT2D eigenvalue weighted by atomic mass is 9.89. The van der Waals surface area contributed by atoms with Gasteiger partial charge in [-0.2, -0.15) is 5.10 Å². The molecule has 9 nitrogen and oxygen atoms in total. The first-order valence-corrected chi connectivity index (χ1v) is 13.7. The maximum Gasteiger partial charge on any atom is 0.313 e. The summed E-state index contributed by atoms with van der Waals surface area (Å²) in [6.07, 6.45) is 7.32. The molecule has 1 saturated carbocycles. The molecule has 1 saturated heterocycles. The molecule has 2 aromatic heterocycles. The maximum absolute atomic E-state index is 13.5. The van der Waals surface area contributed by atoms with E-state index in [9.17, 15) is 14.4 Å². The number of fused-ring (bicyclic) bond motifs is 1. The van der Waals surface area contributed by atoms with Crippen molar-refractivity contribution in [2.45, 2.75) is 77.4 Å². The average molecular weight is 532 g/mol. The third-order valence-corrected chi connectivity index (χ3v) is 7.31. The number of nitrogens with one attached hydrogen (secondary N) is 1. The van der Waals surface area contributed by atoms with Crippen molar-refractivity contribution in [2.24, 2.45) is 13.0 Å². The molecule has 0 unspecified atom stereocenters. The van der Waals surface area contributed by atoms with E-state index in [1.165, 1.54) is 6.20 Å². The van der Waals surface area contributed by atoms with Crippen LogP contribution in [-0.2, 0) is 32.6 Å². The molecule has 9 heteroatoms. The quantitative estimate of drug-likeness (QED) is 0.379. The predicted molar refractivity (Wildman–Crippen MR) is 148 cm³/mol. The van der Waals surface area contributed by atoms with Gasteiger partial charge in [-0.1, -0.05) is 19.1 Å². The van der Waals surface area contributed by atoms with Crippen LogP contribution in [0.2, 0.25) is 0 Å². The second kappa shape index (κ2) is 10.4. The fourth-order valence-electron chi connectivity index (χ4n) is 5.39. The molecule has 2 aliphatic rings. The maximum atomic E-state index is 13.5. The van der Waals surface area contributed by atoms with Crippen molar-refractivity contribution in [3.05, 3.63) is 53.5 Å². The van der Waals surface area contributed by atoms with Crippen LogP contribution < -0.4 is 5.32 Å². The van der Waals surface area contributed by atoms with E-state index >= 15 is 0 Å². The minimum absolute atomic E-state index is 0.0736. The van der Waals surface area contributed by atoms with Crippen LogP contribution in [-0.4, -0.2) is 49.6 Å². The van der Waals surface area contributed by atoms with Crippen LogP contribution in [0.25, 0.3) is 10.9 Å². The molecule has 1 aromatic carbocycles. The number of rotatable bonds is 5. The van der Waals surface area contributed by atoms with Crippen LogP contribution in [0, 0.1) is 5.92 Å². The van der Waals surface area contributed by atoms with Gasteiger partial charge >= 0.3 is 17.8 Å². The largest absolute Gasteiger partial charge is 0.460 e. The molecule has 206 valence electrons. The number of pyridine rings is 1. The van der Waals surface area contributed by atoms with E-state index in [-0.39, 0.29) is 18.4 Å². The summed E-state index contributed by atoms with van der Waals surface area (Å²) in [4.78, 5) is 45.3. The second-order valence-corrected chi connectivity index (χ2v) is 12.0. The standard InChI is InChI=1S/C30H37N5O4/c1-18-6-11-26(20-9-10-21-17-34(5)33-24(21)12-20)35(16-18)29(38)28(37)32-22-13-23(19-7-8-19)25(31-15-22)14-27(36)39-30(2,3)4/h9-10,12-13,15,17-19,26H,6-8,11,14,16H2,1-5H3,(H,32,37)/t18-,26+/m0/s1. The summed E-state index contributed by atoms with van der Waals surface area (Å²) in [6.45, 7) is 8.12. The van der Waals surface area contributed by atoms with E-state index in [2.05, 4.69) is 22.3 Å². The summed E-state index contributed by atoms with van der Waals surface area (Å²) < 4.78 is 7.24. The van der Waals surface area contributed by atoms with Crippen LogP contribution >= 0.6 is 0 Å². The molecule has 2 atom stereocenters. The van der Waals surface area contributed by atoms with E-state index in [4.69, 9.17) is 4.74 Å². The van der Waals surface area contributed by atoms with Gasteiger partial charge in [0.25, 0.3) is 0 Å². The average Bonchev–Trinajstić information content (AvgIpc) is 3.63. The number of hydrogen-bond acceptors (Lipinski definition) is 6. The number of aromatic nitrogens is 3. The number of esters is 1. The Balaban J connectivity index is 1.32. The topological polar surface area (TPSA) is 106 Å². The van der Waals surface area contributed by atoms with Crippen LogP contribution in [0.1, 0.15) is 82.2 Å². The zero-order chi connectivity index (χ0) is 27.9. The number of likely N-dealkylation sites (tertiary alicyclic amines) is 1. The first-order valence-electron chi connectivity index (χ1n) is 13.7. The summed E-state index contributed by atoms with van der Waals surface area (Å²) in [5.41, 5.74) is 3.33. The number of hydrogen-bond donors (Lipinski definition) is 1. The first kappa shape index (κ1) is 26.8. The Hall–Kier alpha value is -3.75. The molecule has 1 N–H and O–H groups in total. The summed E-state index contributed by atoms with van der Waals surface area (Å²) >= 11 is 0. The molecular weight excluding hydrogens is 494 g/mol. The van der Waals surface area contributed by atoms with Crippen molar-refractivity contribution in [1.82, 2.24) is 19.7 Å². The highest BCUT2D eigenvalue weighted by molar-refractivity contribution is 6.39. The van der Waals surface area contributed by atoms with Crippen molar-refractivity contribution in [2.75, 3.05) is 11.9 Å². The molecular formula is C30H37N5O4. The SMILES string of the molecule is C[C@H]1CC[C@H](c2ccc3cn(C)nc3c2)N(C(=O)C(=O)Nc2cnc(CC(=O)OC(C)(C)C)c(C3CC3)c2)C1. The number of aryl methyl sites for hydroxylation is 1. The second-order valence-electron chi connectivity index (χ2n) is 12.0. The van der Waals surface area contributed by atoms with Gasteiger partial charge < -0.3 is 15.0 Å². The van der Waals surface area contributed by atoms with E-state index in [0.29, 0.717) is 29.8 Å². The van der Waals surface area contributed by atoms with Gasteiger partial charge in [0, 0.05) is 25.2 Å². The monoisotopic (exact) mass is 531 g/mol. The predicted octanol–water partition coefficient (Wildman–Crippen LogP) is 4.67. The molecule has 0 bridgehead atoms. The summed E-state index contributed by atoms with van der Waals surface area (Å²) in [5.74, 6) is -0.976. The third-order valence-electron chi connectivity index (χ3n) is 7.31. The minimum atomic E-state index is -0.684. The fraction of sp³-hybridized carbons (Fsp3) is 0.500. The number of anilines is 1. The van der Waals surface area contributed by atoms with Crippen LogP contribution in [0.15, 0.2) is 36.7 Å².